The van der Waals surface area contributed by atoms with Crippen molar-refractivity contribution in [1.29, 1.82) is 0 Å². The summed E-state index contributed by atoms with van der Waals surface area (Å²) < 4.78 is 25.8. The van der Waals surface area contributed by atoms with Crippen molar-refractivity contribution in [3.8, 4) is 0 Å². The largest absolute Gasteiger partial charge is 0.337 e. The van der Waals surface area contributed by atoms with Gasteiger partial charge in [0.25, 0.3) is 5.91 Å². The van der Waals surface area contributed by atoms with E-state index in [-0.39, 0.29) is 17.5 Å². The van der Waals surface area contributed by atoms with Crippen LogP contribution in [0.15, 0.2) is 18.2 Å². The number of likely N-dealkylation sites (tertiary alicyclic amines) is 1. The van der Waals surface area contributed by atoms with E-state index in [1.807, 2.05) is 0 Å². The second kappa shape index (κ2) is 4.79. The second-order valence-corrected chi connectivity index (χ2v) is 4.28. The molecule has 0 bridgehead atoms. The first-order chi connectivity index (χ1) is 8.08. The highest BCUT2D eigenvalue weighted by Crippen LogP contribution is 2.15. The van der Waals surface area contributed by atoms with Gasteiger partial charge in [-0.2, -0.15) is 0 Å². The van der Waals surface area contributed by atoms with Gasteiger partial charge >= 0.3 is 0 Å². The third-order valence-corrected chi connectivity index (χ3v) is 2.91. The first kappa shape index (κ1) is 12.0. The maximum Gasteiger partial charge on any atom is 0.254 e. The first-order valence-electron chi connectivity index (χ1n) is 5.58. The molecular weight excluding hydrogens is 226 g/mol. The average Bonchev–Trinajstić information content (AvgIpc) is 2.32. The van der Waals surface area contributed by atoms with Crippen molar-refractivity contribution in [3.05, 3.63) is 35.4 Å². The van der Waals surface area contributed by atoms with E-state index in [1.54, 1.807) is 4.90 Å². The zero-order chi connectivity index (χ0) is 12.4. The van der Waals surface area contributed by atoms with Gasteiger partial charge in [-0.05, 0) is 31.0 Å². The summed E-state index contributed by atoms with van der Waals surface area (Å²) in [4.78, 5) is 13.6. The number of piperidine rings is 1. The molecule has 0 radical (unpaired) electrons. The molecule has 1 saturated heterocycles. The normalized spacial score (nSPS) is 20.4. The lowest BCUT2D eigenvalue weighted by atomic mass is 10.1. The van der Waals surface area contributed by atoms with Crippen molar-refractivity contribution < 1.29 is 13.6 Å². The first-order valence-corrected chi connectivity index (χ1v) is 5.58. The Bertz CT molecular complexity index is 437. The summed E-state index contributed by atoms with van der Waals surface area (Å²) in [5.74, 6) is -2.24. The summed E-state index contributed by atoms with van der Waals surface area (Å²) in [5.41, 5.74) is 5.93. The summed E-state index contributed by atoms with van der Waals surface area (Å²) in [7, 11) is 0. The van der Waals surface area contributed by atoms with E-state index in [9.17, 15) is 13.6 Å². The molecule has 1 aromatic rings. The minimum atomic E-state index is -1.00. The number of benzene rings is 1. The van der Waals surface area contributed by atoms with Crippen LogP contribution >= 0.6 is 0 Å². The third-order valence-electron chi connectivity index (χ3n) is 2.91. The van der Waals surface area contributed by atoms with Crippen LogP contribution in [-0.4, -0.2) is 29.9 Å². The molecule has 0 spiro atoms. The standard InChI is InChI=1S/C12H14F2N2O/c13-10-4-3-8(6-11(10)14)12(17)16-5-1-2-9(15)7-16/h3-4,6,9H,1-2,5,7,15H2/t9-/m0/s1. The summed E-state index contributed by atoms with van der Waals surface area (Å²) in [6, 6.07) is 3.16. The molecule has 0 unspecified atom stereocenters. The zero-order valence-corrected chi connectivity index (χ0v) is 9.33. The Morgan fingerprint density at radius 3 is 2.76 bits per heavy atom. The summed E-state index contributed by atoms with van der Waals surface area (Å²) >= 11 is 0. The molecule has 17 heavy (non-hydrogen) atoms. The molecule has 1 aliphatic rings. The number of halogens is 2. The van der Waals surface area contributed by atoms with E-state index >= 15 is 0 Å². The molecule has 1 amide bonds. The van der Waals surface area contributed by atoms with Gasteiger partial charge in [0.1, 0.15) is 0 Å². The molecule has 0 saturated carbocycles. The lowest BCUT2D eigenvalue weighted by Gasteiger charge is -2.30. The summed E-state index contributed by atoms with van der Waals surface area (Å²) in [6.45, 7) is 1.09. The van der Waals surface area contributed by atoms with Crippen LogP contribution in [0.4, 0.5) is 8.78 Å². The molecule has 1 aliphatic heterocycles. The monoisotopic (exact) mass is 240 g/mol. The highest BCUT2D eigenvalue weighted by Gasteiger charge is 2.22. The quantitative estimate of drug-likeness (QED) is 0.809. The molecule has 0 aromatic heterocycles. The van der Waals surface area contributed by atoms with Crippen LogP contribution in [0.1, 0.15) is 23.2 Å². The maximum absolute atomic E-state index is 13.0. The van der Waals surface area contributed by atoms with E-state index in [4.69, 9.17) is 5.73 Å². The SMILES string of the molecule is N[C@H]1CCCN(C(=O)c2ccc(F)c(F)c2)C1. The average molecular weight is 240 g/mol. The zero-order valence-electron chi connectivity index (χ0n) is 9.33. The topological polar surface area (TPSA) is 46.3 Å². The van der Waals surface area contributed by atoms with Crippen LogP contribution in [0.25, 0.3) is 0 Å². The minimum Gasteiger partial charge on any atom is -0.337 e. The smallest absolute Gasteiger partial charge is 0.254 e. The second-order valence-electron chi connectivity index (χ2n) is 4.28. The fourth-order valence-corrected chi connectivity index (χ4v) is 2.01. The Balaban J connectivity index is 2.15. The van der Waals surface area contributed by atoms with Crippen LogP contribution in [0.5, 0.6) is 0 Å². The van der Waals surface area contributed by atoms with Gasteiger partial charge in [-0.1, -0.05) is 0 Å². The van der Waals surface area contributed by atoms with Crippen molar-refractivity contribution in [2.75, 3.05) is 13.1 Å². The van der Waals surface area contributed by atoms with Crippen LogP contribution in [0, 0.1) is 11.6 Å². The molecule has 1 fully saturated rings. The fraction of sp³-hybridized carbons (Fsp3) is 0.417. The van der Waals surface area contributed by atoms with Gasteiger partial charge < -0.3 is 10.6 Å². The molecule has 1 atom stereocenters. The Labute approximate surface area is 98.2 Å². The minimum absolute atomic E-state index is 0.0296. The molecule has 2 rings (SSSR count). The van der Waals surface area contributed by atoms with Crippen LogP contribution in [0.3, 0.4) is 0 Å². The number of amides is 1. The van der Waals surface area contributed by atoms with Gasteiger partial charge in [-0.15, -0.1) is 0 Å². The van der Waals surface area contributed by atoms with Crippen molar-refractivity contribution in [2.24, 2.45) is 5.73 Å². The number of hydrogen-bond donors (Lipinski definition) is 1. The maximum atomic E-state index is 13.0. The van der Waals surface area contributed by atoms with Crippen molar-refractivity contribution in [1.82, 2.24) is 4.90 Å². The Hall–Kier alpha value is -1.49. The van der Waals surface area contributed by atoms with Gasteiger partial charge in [-0.25, -0.2) is 8.78 Å². The Morgan fingerprint density at radius 2 is 2.12 bits per heavy atom. The van der Waals surface area contributed by atoms with Crippen molar-refractivity contribution in [2.45, 2.75) is 18.9 Å². The summed E-state index contributed by atoms with van der Waals surface area (Å²) in [5, 5.41) is 0. The van der Waals surface area contributed by atoms with E-state index < -0.39 is 11.6 Å². The molecular formula is C12H14F2N2O. The van der Waals surface area contributed by atoms with Crippen LogP contribution in [0.2, 0.25) is 0 Å². The molecule has 1 aromatic carbocycles. The number of nitrogens with zero attached hydrogens (tertiary/aromatic N) is 1. The van der Waals surface area contributed by atoms with Gasteiger partial charge in [0, 0.05) is 24.7 Å². The van der Waals surface area contributed by atoms with Crippen LogP contribution < -0.4 is 5.73 Å². The predicted octanol–water partition coefficient (Wildman–Crippen LogP) is 1.53. The number of hydrogen-bond acceptors (Lipinski definition) is 2. The van der Waals surface area contributed by atoms with E-state index in [0.29, 0.717) is 13.1 Å². The highest BCUT2D eigenvalue weighted by atomic mass is 19.2. The highest BCUT2D eigenvalue weighted by molar-refractivity contribution is 5.94. The van der Waals surface area contributed by atoms with E-state index in [0.717, 1.165) is 25.0 Å². The Kier molecular flexibility index (Phi) is 3.38. The lowest BCUT2D eigenvalue weighted by molar-refractivity contribution is 0.0708. The number of nitrogens with two attached hydrogens (primary N) is 1. The van der Waals surface area contributed by atoms with Gasteiger partial charge in [-0.3, -0.25) is 4.79 Å². The number of rotatable bonds is 1. The van der Waals surface area contributed by atoms with E-state index in [1.165, 1.54) is 6.07 Å². The fourth-order valence-electron chi connectivity index (χ4n) is 2.01. The van der Waals surface area contributed by atoms with Gasteiger partial charge in [0.2, 0.25) is 0 Å². The molecule has 92 valence electrons. The molecule has 0 aliphatic carbocycles. The van der Waals surface area contributed by atoms with Gasteiger partial charge in [0.05, 0.1) is 0 Å². The molecule has 1 heterocycles. The number of carbonyl (C=O) groups is 1. The lowest BCUT2D eigenvalue weighted by Crippen LogP contribution is -2.45. The van der Waals surface area contributed by atoms with Crippen LogP contribution in [-0.2, 0) is 0 Å². The van der Waals surface area contributed by atoms with Crippen molar-refractivity contribution in [3.63, 3.8) is 0 Å². The molecule has 3 nitrogen and oxygen atoms in total. The van der Waals surface area contributed by atoms with Crippen molar-refractivity contribution >= 4 is 5.91 Å². The Morgan fingerprint density at radius 1 is 1.35 bits per heavy atom. The number of carbonyl (C=O) groups excluding carboxylic acids is 1. The van der Waals surface area contributed by atoms with Gasteiger partial charge in [0.15, 0.2) is 11.6 Å². The molecule has 5 heteroatoms. The summed E-state index contributed by atoms with van der Waals surface area (Å²) in [6.07, 6.45) is 1.73. The molecule has 2 N–H and O–H groups in total. The van der Waals surface area contributed by atoms with E-state index in [2.05, 4.69) is 0 Å². The third kappa shape index (κ3) is 2.61. The predicted molar refractivity (Wildman–Crippen MR) is 59.5 cm³/mol.